The number of anilines is 2. The van der Waals surface area contributed by atoms with Gasteiger partial charge in [-0.1, -0.05) is 0 Å². The smallest absolute Gasteiger partial charge is 0.394 e. The molecule has 220 valence electrons. The van der Waals surface area contributed by atoms with Crippen LogP contribution in [0.25, 0.3) is 22.3 Å². The molecule has 0 radical (unpaired) electrons. The van der Waals surface area contributed by atoms with Crippen LogP contribution in [0, 0.1) is 0 Å². The Bertz CT molecular complexity index is 1620. The van der Waals surface area contributed by atoms with Gasteiger partial charge in [0.15, 0.2) is 35.4 Å². The van der Waals surface area contributed by atoms with E-state index < -0.39 is 70.1 Å². The molecule has 2 fully saturated rings. The molecule has 0 bridgehead atoms. The van der Waals surface area contributed by atoms with E-state index in [1.54, 1.807) is 0 Å². The number of aliphatic hydroxyl groups excluding tert-OH is 4. The van der Waals surface area contributed by atoms with Crippen LogP contribution in [0.4, 0.5) is 11.6 Å². The molecule has 41 heavy (non-hydrogen) atoms. The van der Waals surface area contributed by atoms with E-state index >= 15 is 0 Å². The minimum Gasteiger partial charge on any atom is -0.394 e. The molecule has 2 aliphatic rings. The second-order valence-corrected chi connectivity index (χ2v) is 10.7. The van der Waals surface area contributed by atoms with Gasteiger partial charge in [-0.3, -0.25) is 18.2 Å². The normalized spacial score (nSPS) is 31.7. The van der Waals surface area contributed by atoms with Crippen molar-refractivity contribution in [3.8, 4) is 0 Å². The van der Waals surface area contributed by atoms with Gasteiger partial charge in [-0.25, -0.2) is 34.5 Å². The maximum atomic E-state index is 12.9. The van der Waals surface area contributed by atoms with E-state index in [0.717, 1.165) is 0 Å². The highest BCUT2D eigenvalue weighted by atomic mass is 31.2. The van der Waals surface area contributed by atoms with E-state index in [2.05, 4.69) is 29.9 Å². The Labute approximate surface area is 228 Å². The lowest BCUT2D eigenvalue weighted by molar-refractivity contribution is -0.0585. The van der Waals surface area contributed by atoms with Crippen LogP contribution in [-0.4, -0.2) is 114 Å². The van der Waals surface area contributed by atoms with Crippen molar-refractivity contribution in [1.82, 2.24) is 39.0 Å². The third-order valence-corrected chi connectivity index (χ3v) is 7.79. The molecule has 4 aromatic heterocycles. The second-order valence-electron chi connectivity index (χ2n) is 9.28. The third-order valence-electron chi connectivity index (χ3n) is 6.81. The lowest BCUT2D eigenvalue weighted by Gasteiger charge is -2.23. The minimum atomic E-state index is -4.96. The van der Waals surface area contributed by atoms with E-state index in [9.17, 15) is 29.9 Å². The number of nitrogens with zero attached hydrogens (tertiary/aromatic N) is 8. The Hall–Kier alpha value is -3.43. The van der Waals surface area contributed by atoms with Crippen LogP contribution in [0.2, 0.25) is 0 Å². The molecule has 9 atom stereocenters. The molecule has 6 heterocycles. The number of hydrogen-bond acceptors (Lipinski definition) is 17. The predicted octanol–water partition coefficient (Wildman–Crippen LogP) is -2.80. The number of nitrogen functional groups attached to an aromatic ring is 2. The summed E-state index contributed by atoms with van der Waals surface area (Å²) >= 11 is 0. The zero-order valence-electron chi connectivity index (χ0n) is 20.8. The number of rotatable bonds is 8. The highest BCUT2D eigenvalue weighted by Gasteiger charge is 2.50. The van der Waals surface area contributed by atoms with Gasteiger partial charge in [-0.05, 0) is 0 Å². The fraction of sp³-hybridized carbons (Fsp3) is 0.500. The van der Waals surface area contributed by atoms with Gasteiger partial charge in [0.2, 0.25) is 0 Å². The van der Waals surface area contributed by atoms with Gasteiger partial charge in [-0.2, -0.15) is 0 Å². The Balaban J connectivity index is 1.14. The summed E-state index contributed by atoms with van der Waals surface area (Å²) in [5, 5.41) is 41.8. The van der Waals surface area contributed by atoms with Gasteiger partial charge in [0, 0.05) is 0 Å². The molecule has 20 nitrogen and oxygen atoms in total. The molecule has 0 amide bonds. The van der Waals surface area contributed by atoms with Crippen LogP contribution < -0.4 is 11.5 Å². The van der Waals surface area contributed by atoms with Crippen molar-refractivity contribution >= 4 is 41.8 Å². The topological polar surface area (TPSA) is 294 Å². The van der Waals surface area contributed by atoms with Crippen LogP contribution in [0.3, 0.4) is 0 Å². The molecule has 2 saturated heterocycles. The molecule has 2 aliphatic heterocycles. The van der Waals surface area contributed by atoms with Crippen molar-refractivity contribution in [2.45, 2.75) is 49.1 Å². The van der Waals surface area contributed by atoms with Crippen LogP contribution in [0.15, 0.2) is 25.3 Å². The lowest BCUT2D eigenvalue weighted by Crippen LogP contribution is -2.36. The number of ether oxygens (including phenoxy) is 2. The monoisotopic (exact) mass is 596 g/mol. The van der Waals surface area contributed by atoms with Crippen LogP contribution >= 0.6 is 7.82 Å². The molecule has 0 spiro atoms. The largest absolute Gasteiger partial charge is 0.472 e. The maximum absolute atomic E-state index is 12.9. The lowest BCUT2D eigenvalue weighted by atomic mass is 10.1. The van der Waals surface area contributed by atoms with E-state index in [4.69, 9.17) is 30.0 Å². The van der Waals surface area contributed by atoms with E-state index in [1.165, 1.54) is 34.4 Å². The molecule has 21 heteroatoms. The first kappa shape index (κ1) is 27.7. The van der Waals surface area contributed by atoms with Crippen molar-refractivity contribution in [3.05, 3.63) is 25.3 Å². The van der Waals surface area contributed by atoms with Crippen LogP contribution in [0.5, 0.6) is 0 Å². The average molecular weight is 596 g/mol. The first-order valence-electron chi connectivity index (χ1n) is 12.1. The van der Waals surface area contributed by atoms with Crippen molar-refractivity contribution in [1.29, 1.82) is 0 Å². The third kappa shape index (κ3) is 4.78. The molecular weight excluding hydrogens is 571 g/mol. The second kappa shape index (κ2) is 10.4. The molecule has 4 aromatic rings. The van der Waals surface area contributed by atoms with Crippen molar-refractivity contribution < 1.29 is 48.4 Å². The van der Waals surface area contributed by atoms with Crippen molar-refractivity contribution in [2.75, 3.05) is 24.7 Å². The summed E-state index contributed by atoms with van der Waals surface area (Å²) < 4.78 is 37.1. The molecule has 0 saturated carbocycles. The van der Waals surface area contributed by atoms with Crippen molar-refractivity contribution in [3.63, 3.8) is 0 Å². The number of fused-ring (bicyclic) bond motifs is 2. The SMILES string of the molecule is Nc1ncnc2c1ncn2[C@@H]1O[C@H](COP(=O)(O)O[C@H]2[C@@H](O)[C@H](n3cnc4c(N)ncnc43)O[C@@H]2CO)[C@@H](O)[C@H]1O. The summed E-state index contributed by atoms with van der Waals surface area (Å²) in [4.78, 5) is 34.4. The van der Waals surface area contributed by atoms with Gasteiger partial charge in [-0.15, -0.1) is 0 Å². The Morgan fingerprint density at radius 1 is 0.829 bits per heavy atom. The summed E-state index contributed by atoms with van der Waals surface area (Å²) in [6.07, 6.45) is -6.18. The zero-order chi connectivity index (χ0) is 29.1. The first-order valence-corrected chi connectivity index (χ1v) is 13.6. The van der Waals surface area contributed by atoms with Gasteiger partial charge < -0.3 is 46.3 Å². The molecule has 1 unspecified atom stereocenters. The summed E-state index contributed by atoms with van der Waals surface area (Å²) in [5.41, 5.74) is 12.5. The quantitative estimate of drug-likeness (QED) is 0.101. The number of nitrogens with two attached hydrogens (primary N) is 2. The highest BCUT2D eigenvalue weighted by molar-refractivity contribution is 7.47. The van der Waals surface area contributed by atoms with Gasteiger partial charge >= 0.3 is 7.82 Å². The molecule has 0 aromatic carbocycles. The Kier molecular flexibility index (Phi) is 7.06. The maximum Gasteiger partial charge on any atom is 0.472 e. The number of hydrogen-bond donors (Lipinski definition) is 7. The Morgan fingerprint density at radius 3 is 1.93 bits per heavy atom. The molecule has 9 N–H and O–H groups in total. The fourth-order valence-corrected chi connectivity index (χ4v) is 5.75. The number of phosphoric ester groups is 1. The van der Waals surface area contributed by atoms with E-state index in [1.807, 2.05) is 0 Å². The summed E-state index contributed by atoms with van der Waals surface area (Å²) in [5.74, 6) is 0.184. The fourth-order valence-electron chi connectivity index (χ4n) is 4.79. The minimum absolute atomic E-state index is 0.0864. The van der Waals surface area contributed by atoms with E-state index in [0.29, 0.717) is 0 Å². The number of phosphoric acid groups is 1. The summed E-state index contributed by atoms with van der Waals surface area (Å²) in [7, 11) is -4.96. The average Bonchev–Trinajstić information content (AvgIpc) is 3.70. The molecule has 6 rings (SSSR count). The van der Waals surface area contributed by atoms with Crippen molar-refractivity contribution in [2.24, 2.45) is 0 Å². The van der Waals surface area contributed by atoms with E-state index in [-0.39, 0.29) is 34.0 Å². The summed E-state index contributed by atoms with van der Waals surface area (Å²) in [6.45, 7) is -1.39. The van der Waals surface area contributed by atoms with Gasteiger partial charge in [0.25, 0.3) is 0 Å². The van der Waals surface area contributed by atoms with Crippen LogP contribution in [0.1, 0.15) is 12.5 Å². The van der Waals surface area contributed by atoms with Crippen LogP contribution in [-0.2, 0) is 23.1 Å². The summed E-state index contributed by atoms with van der Waals surface area (Å²) in [6, 6.07) is 0. The molecule has 0 aliphatic carbocycles. The highest BCUT2D eigenvalue weighted by Crippen LogP contribution is 2.49. The number of aliphatic hydroxyl groups is 4. The Morgan fingerprint density at radius 2 is 1.37 bits per heavy atom. The van der Waals surface area contributed by atoms with Gasteiger partial charge in [0.1, 0.15) is 60.3 Å². The number of imidazole rings is 2. The zero-order valence-corrected chi connectivity index (χ0v) is 21.7. The number of aromatic nitrogens is 8. The molecular formula is C20H25N10O10P. The standard InChI is InChI=1S/C20H25N10O10P/c21-15-9-17(25-3-23-15)29(5-27-9)19-12(33)11(32)8(39-19)2-37-41(35,36)40-14-7(1-31)38-20(13(14)34)30-6-28-10-16(22)24-4-26-18(10)30/h3-8,11-14,19-20,31-34H,1-2H2,(H,35,36)(H2,21,23,25)(H2,22,24,26)/t7-,8-,11-,12-,13-,14-,19-,20-/m1/s1. The predicted molar refractivity (Wildman–Crippen MR) is 133 cm³/mol. The first-order chi connectivity index (χ1) is 19.6. The van der Waals surface area contributed by atoms with Gasteiger partial charge in [0.05, 0.1) is 25.9 Å².